The van der Waals surface area contributed by atoms with Gasteiger partial charge in [0.05, 0.1) is 24.5 Å². The van der Waals surface area contributed by atoms with E-state index < -0.39 is 0 Å². The number of aliphatic hydroxyl groups excluding tert-OH is 1. The zero-order valence-corrected chi connectivity index (χ0v) is 13.1. The summed E-state index contributed by atoms with van der Waals surface area (Å²) in [6.07, 6.45) is 3.92. The Hall–Kier alpha value is -1.07. The maximum Gasteiger partial charge on any atom is 0.216 e. The van der Waals surface area contributed by atoms with Crippen LogP contribution in [-0.4, -0.2) is 45.6 Å². The van der Waals surface area contributed by atoms with Crippen LogP contribution in [0.3, 0.4) is 0 Å². The van der Waals surface area contributed by atoms with Gasteiger partial charge in [0.1, 0.15) is 0 Å². The number of ether oxygens (including phenoxy) is 1. The molecular weight excluding hydrogens is 254 g/mol. The van der Waals surface area contributed by atoms with Gasteiger partial charge >= 0.3 is 0 Å². The zero-order valence-electron chi connectivity index (χ0n) is 13.1. The van der Waals surface area contributed by atoms with Crippen molar-refractivity contribution in [2.45, 2.75) is 58.2 Å². The first-order chi connectivity index (χ1) is 9.56. The molecule has 2 rings (SSSR count). The first kappa shape index (κ1) is 15.3. The van der Waals surface area contributed by atoms with Gasteiger partial charge < -0.3 is 9.84 Å². The molecule has 1 N–H and O–H groups in total. The molecule has 1 aromatic heterocycles. The lowest BCUT2D eigenvalue weighted by Gasteiger charge is -2.25. The smallest absolute Gasteiger partial charge is 0.216 e. The van der Waals surface area contributed by atoms with Gasteiger partial charge in [-0.3, -0.25) is 4.90 Å². The number of hydrogen-bond donors (Lipinski definition) is 1. The average Bonchev–Trinajstić information content (AvgIpc) is 2.94. The molecule has 0 bridgehead atoms. The summed E-state index contributed by atoms with van der Waals surface area (Å²) in [4.78, 5) is 2.46. The number of methoxy groups -OCH3 is 1. The maximum absolute atomic E-state index is 9.63. The fourth-order valence-corrected chi connectivity index (χ4v) is 3.27. The Morgan fingerprint density at radius 2 is 2.25 bits per heavy atom. The summed E-state index contributed by atoms with van der Waals surface area (Å²) in [6.45, 7) is 5.97. The van der Waals surface area contributed by atoms with E-state index in [9.17, 15) is 5.11 Å². The van der Waals surface area contributed by atoms with Crippen LogP contribution in [0.1, 0.15) is 44.4 Å². The van der Waals surface area contributed by atoms with Gasteiger partial charge in [-0.15, -0.1) is 0 Å². The molecule has 0 spiro atoms. The number of aliphatic hydroxyl groups is 1. The molecule has 2 atom stereocenters. The lowest BCUT2D eigenvalue weighted by atomic mass is 10.1. The van der Waals surface area contributed by atoms with E-state index in [0.29, 0.717) is 6.04 Å². The molecule has 1 aliphatic rings. The molecular formula is C15H27N3O2. The van der Waals surface area contributed by atoms with E-state index in [4.69, 9.17) is 4.74 Å². The quantitative estimate of drug-likeness (QED) is 0.862. The van der Waals surface area contributed by atoms with E-state index in [0.717, 1.165) is 37.5 Å². The molecule has 2 unspecified atom stereocenters. The summed E-state index contributed by atoms with van der Waals surface area (Å²) >= 11 is 0. The van der Waals surface area contributed by atoms with Crippen molar-refractivity contribution in [2.24, 2.45) is 7.05 Å². The number of aryl methyl sites for hydroxylation is 2. The van der Waals surface area contributed by atoms with Gasteiger partial charge in [0.25, 0.3) is 0 Å². The van der Waals surface area contributed by atoms with Crippen LogP contribution in [0, 0.1) is 0 Å². The Balaban J connectivity index is 2.16. The van der Waals surface area contributed by atoms with Gasteiger partial charge in [0.2, 0.25) is 5.88 Å². The highest BCUT2D eigenvalue weighted by Crippen LogP contribution is 2.29. The van der Waals surface area contributed by atoms with Crippen LogP contribution < -0.4 is 4.74 Å². The van der Waals surface area contributed by atoms with Crippen LogP contribution in [0.4, 0.5) is 0 Å². The maximum atomic E-state index is 9.63. The van der Waals surface area contributed by atoms with Crippen molar-refractivity contribution in [2.75, 3.05) is 13.7 Å². The average molecular weight is 281 g/mol. The van der Waals surface area contributed by atoms with Crippen molar-refractivity contribution >= 4 is 0 Å². The number of likely N-dealkylation sites (tertiary alicyclic amines) is 1. The molecule has 0 saturated carbocycles. The second-order valence-electron chi connectivity index (χ2n) is 5.76. The van der Waals surface area contributed by atoms with Crippen molar-refractivity contribution < 1.29 is 9.84 Å². The summed E-state index contributed by atoms with van der Waals surface area (Å²) in [6, 6.07) is 0.476. The molecule has 1 aromatic rings. The molecule has 0 aliphatic carbocycles. The second-order valence-corrected chi connectivity index (χ2v) is 5.76. The minimum Gasteiger partial charge on any atom is -0.481 e. The van der Waals surface area contributed by atoms with E-state index in [2.05, 4.69) is 16.9 Å². The van der Waals surface area contributed by atoms with E-state index in [1.54, 1.807) is 7.11 Å². The van der Waals surface area contributed by atoms with Crippen LogP contribution in [0.15, 0.2) is 0 Å². The lowest BCUT2D eigenvalue weighted by Crippen LogP contribution is -2.31. The molecule has 114 valence electrons. The SMILES string of the molecule is CCc1nn(C)c(OC)c1CN1CCCC1CC(C)O. The fourth-order valence-electron chi connectivity index (χ4n) is 3.27. The number of nitrogens with zero attached hydrogens (tertiary/aromatic N) is 3. The van der Waals surface area contributed by atoms with E-state index in [-0.39, 0.29) is 6.10 Å². The summed E-state index contributed by atoms with van der Waals surface area (Å²) in [7, 11) is 3.63. The molecule has 5 heteroatoms. The van der Waals surface area contributed by atoms with Crippen molar-refractivity contribution in [1.82, 2.24) is 14.7 Å². The highest BCUT2D eigenvalue weighted by atomic mass is 16.5. The number of hydrogen-bond acceptors (Lipinski definition) is 4. The van der Waals surface area contributed by atoms with Gasteiger partial charge in [0.15, 0.2) is 0 Å². The van der Waals surface area contributed by atoms with Crippen molar-refractivity contribution in [3.63, 3.8) is 0 Å². The Labute approximate surface area is 121 Å². The molecule has 0 aromatic carbocycles. The Bertz CT molecular complexity index is 443. The van der Waals surface area contributed by atoms with Crippen LogP contribution in [0.2, 0.25) is 0 Å². The van der Waals surface area contributed by atoms with E-state index in [1.807, 2.05) is 18.7 Å². The fraction of sp³-hybridized carbons (Fsp3) is 0.800. The largest absolute Gasteiger partial charge is 0.481 e. The summed E-state index contributed by atoms with van der Waals surface area (Å²) in [5.41, 5.74) is 2.32. The summed E-state index contributed by atoms with van der Waals surface area (Å²) < 4.78 is 7.34. The van der Waals surface area contributed by atoms with Crippen molar-refractivity contribution in [3.8, 4) is 5.88 Å². The van der Waals surface area contributed by atoms with Crippen LogP contribution in [0.25, 0.3) is 0 Å². The molecule has 20 heavy (non-hydrogen) atoms. The minimum absolute atomic E-state index is 0.234. The second kappa shape index (κ2) is 6.59. The monoisotopic (exact) mass is 281 g/mol. The molecule has 0 radical (unpaired) electrons. The van der Waals surface area contributed by atoms with Gasteiger partial charge in [-0.1, -0.05) is 6.92 Å². The summed E-state index contributed by atoms with van der Waals surface area (Å²) in [5.74, 6) is 0.865. The molecule has 0 amide bonds. The highest BCUT2D eigenvalue weighted by Gasteiger charge is 2.28. The van der Waals surface area contributed by atoms with Crippen LogP contribution in [-0.2, 0) is 20.0 Å². The topological polar surface area (TPSA) is 50.5 Å². The number of rotatable bonds is 6. The third-order valence-electron chi connectivity index (χ3n) is 4.17. The third kappa shape index (κ3) is 3.15. The lowest BCUT2D eigenvalue weighted by molar-refractivity contribution is 0.130. The first-order valence-corrected chi connectivity index (χ1v) is 7.57. The normalized spacial score (nSPS) is 21.4. The van der Waals surface area contributed by atoms with Crippen LogP contribution in [0.5, 0.6) is 5.88 Å². The molecule has 2 heterocycles. The third-order valence-corrected chi connectivity index (χ3v) is 4.17. The Morgan fingerprint density at radius 3 is 2.85 bits per heavy atom. The van der Waals surface area contributed by atoms with E-state index >= 15 is 0 Å². The molecule has 5 nitrogen and oxygen atoms in total. The molecule has 1 saturated heterocycles. The minimum atomic E-state index is -0.234. The molecule has 1 aliphatic heterocycles. The predicted molar refractivity (Wildman–Crippen MR) is 78.9 cm³/mol. The predicted octanol–water partition coefficient (Wildman–Crippen LogP) is 1.73. The van der Waals surface area contributed by atoms with Gasteiger partial charge in [-0.2, -0.15) is 5.10 Å². The van der Waals surface area contributed by atoms with Gasteiger partial charge in [-0.05, 0) is 39.2 Å². The standard InChI is InChI=1S/C15H27N3O2/c1-5-14-13(15(20-4)17(3)16-14)10-18-8-6-7-12(18)9-11(2)19/h11-12,19H,5-10H2,1-4H3. The van der Waals surface area contributed by atoms with Crippen molar-refractivity contribution in [1.29, 1.82) is 0 Å². The Morgan fingerprint density at radius 1 is 1.50 bits per heavy atom. The van der Waals surface area contributed by atoms with Crippen LogP contribution >= 0.6 is 0 Å². The van der Waals surface area contributed by atoms with Gasteiger partial charge in [0, 0.05) is 19.6 Å². The molecule has 1 fully saturated rings. The van der Waals surface area contributed by atoms with Gasteiger partial charge in [-0.25, -0.2) is 4.68 Å². The zero-order chi connectivity index (χ0) is 14.7. The number of aromatic nitrogens is 2. The summed E-state index contributed by atoms with van der Waals surface area (Å²) in [5, 5.41) is 14.2. The van der Waals surface area contributed by atoms with Crippen molar-refractivity contribution in [3.05, 3.63) is 11.3 Å². The Kier molecular flexibility index (Phi) is 5.05. The highest BCUT2D eigenvalue weighted by molar-refractivity contribution is 5.32. The van der Waals surface area contributed by atoms with E-state index in [1.165, 1.54) is 18.4 Å². The first-order valence-electron chi connectivity index (χ1n) is 7.57.